The molecular formula is C27H27Cl2N3O3S. The molecule has 0 saturated carbocycles. The molecule has 3 heterocycles. The summed E-state index contributed by atoms with van der Waals surface area (Å²) in [6.45, 7) is 2.55. The van der Waals surface area contributed by atoms with Gasteiger partial charge in [0.2, 0.25) is 5.91 Å². The summed E-state index contributed by atoms with van der Waals surface area (Å²) in [4.78, 5) is 31.9. The Hall–Kier alpha value is -2.58. The molecule has 0 spiro atoms. The molecule has 5 rings (SSSR count). The maximum Gasteiger partial charge on any atom is 0.265 e. The lowest BCUT2D eigenvalue weighted by Gasteiger charge is -2.35. The highest BCUT2D eigenvalue weighted by molar-refractivity contribution is 7.08. The van der Waals surface area contributed by atoms with Crippen molar-refractivity contribution in [3.8, 4) is 16.9 Å². The van der Waals surface area contributed by atoms with E-state index >= 15 is 0 Å². The Labute approximate surface area is 225 Å². The zero-order chi connectivity index (χ0) is 25.2. The average Bonchev–Trinajstić information content (AvgIpc) is 3.60. The fourth-order valence-corrected chi connectivity index (χ4v) is 5.75. The van der Waals surface area contributed by atoms with Crippen LogP contribution in [0.5, 0.6) is 5.75 Å². The van der Waals surface area contributed by atoms with Crippen LogP contribution in [0.15, 0.2) is 53.2 Å². The summed E-state index contributed by atoms with van der Waals surface area (Å²) < 4.78 is 5.53. The van der Waals surface area contributed by atoms with E-state index in [1.54, 1.807) is 28.4 Å². The van der Waals surface area contributed by atoms with Crippen molar-refractivity contribution >= 4 is 52.0 Å². The lowest BCUT2D eigenvalue weighted by molar-refractivity contribution is -0.133. The molecule has 0 N–H and O–H groups in total. The molecule has 3 aromatic rings. The average molecular weight is 545 g/mol. The van der Waals surface area contributed by atoms with Crippen LogP contribution >= 0.6 is 34.5 Å². The lowest BCUT2D eigenvalue weighted by atomic mass is 10.0. The van der Waals surface area contributed by atoms with Crippen LogP contribution in [0.1, 0.15) is 24.4 Å². The van der Waals surface area contributed by atoms with Crippen LogP contribution in [0, 0.1) is 0 Å². The van der Waals surface area contributed by atoms with Crippen molar-refractivity contribution < 1.29 is 14.3 Å². The molecule has 9 heteroatoms. The van der Waals surface area contributed by atoms with Gasteiger partial charge in [0.05, 0.1) is 21.8 Å². The van der Waals surface area contributed by atoms with E-state index in [0.717, 1.165) is 30.8 Å². The molecular weight excluding hydrogens is 517 g/mol. The number of likely N-dealkylation sites (N-methyl/N-ethyl adjacent to an activating group) is 1. The van der Waals surface area contributed by atoms with Gasteiger partial charge in [-0.25, -0.2) is 0 Å². The number of hydrogen-bond donors (Lipinski definition) is 0. The quantitative estimate of drug-likeness (QED) is 0.381. The summed E-state index contributed by atoms with van der Waals surface area (Å²) in [5.74, 6) is -0.00989. The predicted octanol–water partition coefficient (Wildman–Crippen LogP) is 5.74. The summed E-state index contributed by atoms with van der Waals surface area (Å²) in [7, 11) is 1.82. The van der Waals surface area contributed by atoms with E-state index in [4.69, 9.17) is 27.9 Å². The number of nitrogens with zero attached hydrogens (tertiary/aromatic N) is 3. The number of anilines is 1. The molecule has 36 heavy (non-hydrogen) atoms. The van der Waals surface area contributed by atoms with Gasteiger partial charge in [0.1, 0.15) is 12.3 Å². The van der Waals surface area contributed by atoms with E-state index in [1.807, 2.05) is 7.05 Å². The van der Waals surface area contributed by atoms with Gasteiger partial charge < -0.3 is 14.5 Å². The van der Waals surface area contributed by atoms with E-state index in [1.165, 1.54) is 23.3 Å². The predicted molar refractivity (Wildman–Crippen MR) is 145 cm³/mol. The lowest BCUT2D eigenvalue weighted by Crippen LogP contribution is -2.47. The summed E-state index contributed by atoms with van der Waals surface area (Å²) >= 11 is 14.0. The molecule has 2 aromatic carbocycles. The Balaban J connectivity index is 1.39. The van der Waals surface area contributed by atoms with E-state index in [2.05, 4.69) is 46.0 Å². The van der Waals surface area contributed by atoms with Gasteiger partial charge in [-0.1, -0.05) is 47.5 Å². The van der Waals surface area contributed by atoms with Gasteiger partial charge in [-0.2, -0.15) is 11.3 Å². The highest BCUT2D eigenvalue weighted by Crippen LogP contribution is 2.39. The minimum absolute atomic E-state index is 0.104. The first-order valence-corrected chi connectivity index (χ1v) is 13.6. The first-order chi connectivity index (χ1) is 17.4. The molecule has 1 fully saturated rings. The van der Waals surface area contributed by atoms with E-state index < -0.39 is 0 Å². The molecule has 1 saturated heterocycles. The van der Waals surface area contributed by atoms with Gasteiger partial charge in [-0.15, -0.1) is 0 Å². The molecule has 0 radical (unpaired) electrons. The second-order valence-electron chi connectivity index (χ2n) is 9.16. The van der Waals surface area contributed by atoms with E-state index in [-0.39, 0.29) is 31.0 Å². The zero-order valence-corrected chi connectivity index (χ0v) is 22.3. The first-order valence-electron chi connectivity index (χ1n) is 11.9. The minimum Gasteiger partial charge on any atom is -0.482 e. The second kappa shape index (κ2) is 10.8. The smallest absolute Gasteiger partial charge is 0.265 e. The summed E-state index contributed by atoms with van der Waals surface area (Å²) in [5, 5.41) is 4.84. The Morgan fingerprint density at radius 2 is 1.81 bits per heavy atom. The van der Waals surface area contributed by atoms with Crippen LogP contribution in [0.25, 0.3) is 11.1 Å². The zero-order valence-electron chi connectivity index (χ0n) is 20.0. The van der Waals surface area contributed by atoms with Crippen LogP contribution in [0.2, 0.25) is 10.0 Å². The van der Waals surface area contributed by atoms with Crippen LogP contribution in [0.4, 0.5) is 5.69 Å². The highest BCUT2D eigenvalue weighted by Gasteiger charge is 2.32. The number of likely N-dealkylation sites (tertiary alicyclic amines) is 1. The third kappa shape index (κ3) is 5.25. The van der Waals surface area contributed by atoms with Crippen molar-refractivity contribution in [1.82, 2.24) is 9.80 Å². The number of benzene rings is 2. The molecule has 188 valence electrons. The normalized spacial score (nSPS) is 16.5. The number of fused-ring (bicyclic) bond motifs is 1. The number of hydrogen-bond acceptors (Lipinski definition) is 5. The number of thiophene rings is 1. The third-order valence-electron chi connectivity index (χ3n) is 6.88. The van der Waals surface area contributed by atoms with Crippen molar-refractivity contribution in [2.75, 3.05) is 44.7 Å². The van der Waals surface area contributed by atoms with Crippen molar-refractivity contribution in [2.45, 2.75) is 18.9 Å². The third-order valence-corrected chi connectivity index (χ3v) is 8.28. The first kappa shape index (κ1) is 25.1. The SMILES string of the molecule is CN(C(=O)CN1C(=O)COc2cc(Cl)c(Cl)cc21)C(CN1CCCC1)c1ccc(-c2ccsc2)cc1. The van der Waals surface area contributed by atoms with Crippen LogP contribution < -0.4 is 9.64 Å². The van der Waals surface area contributed by atoms with Gasteiger partial charge in [0, 0.05) is 19.7 Å². The van der Waals surface area contributed by atoms with E-state index in [9.17, 15) is 9.59 Å². The Morgan fingerprint density at radius 1 is 1.08 bits per heavy atom. The van der Waals surface area contributed by atoms with Gasteiger partial charge in [0.25, 0.3) is 5.91 Å². The maximum absolute atomic E-state index is 13.6. The van der Waals surface area contributed by atoms with Gasteiger partial charge >= 0.3 is 0 Å². The molecule has 1 unspecified atom stereocenters. The Kier molecular flexibility index (Phi) is 7.53. The largest absolute Gasteiger partial charge is 0.482 e. The van der Waals surface area contributed by atoms with Gasteiger partial charge in [0.15, 0.2) is 6.61 Å². The minimum atomic E-state index is -0.293. The molecule has 2 aliphatic rings. The Bertz CT molecular complexity index is 1240. The van der Waals surface area contributed by atoms with Crippen LogP contribution in [0.3, 0.4) is 0 Å². The molecule has 1 aromatic heterocycles. The fraction of sp³-hybridized carbons (Fsp3) is 0.333. The number of rotatable bonds is 7. The molecule has 6 nitrogen and oxygen atoms in total. The molecule has 1 atom stereocenters. The summed E-state index contributed by atoms with van der Waals surface area (Å²) in [5.41, 5.74) is 3.87. The number of halogens is 2. The summed E-state index contributed by atoms with van der Waals surface area (Å²) in [6, 6.07) is 13.6. The number of ether oxygens (including phenoxy) is 1. The van der Waals surface area contributed by atoms with Crippen molar-refractivity contribution in [3.05, 3.63) is 68.8 Å². The fourth-order valence-electron chi connectivity index (χ4n) is 4.78. The van der Waals surface area contributed by atoms with Gasteiger partial charge in [-0.3, -0.25) is 14.5 Å². The molecule has 2 aliphatic heterocycles. The monoisotopic (exact) mass is 543 g/mol. The van der Waals surface area contributed by atoms with Crippen molar-refractivity contribution in [3.63, 3.8) is 0 Å². The number of carbonyl (C=O) groups is 2. The Morgan fingerprint density at radius 3 is 2.50 bits per heavy atom. The van der Waals surface area contributed by atoms with Crippen LogP contribution in [-0.2, 0) is 9.59 Å². The summed E-state index contributed by atoms with van der Waals surface area (Å²) in [6.07, 6.45) is 2.34. The molecule has 0 aliphatic carbocycles. The standard InChI is InChI=1S/C27H27Cl2N3O3S/c1-30(26(33)15-32-23-12-21(28)22(29)13-25(23)35-16-27(32)34)24(14-31-9-2-3-10-31)19-6-4-18(5-7-19)20-8-11-36-17-20/h4-8,11-13,17,24H,2-3,9-10,14-16H2,1H3. The van der Waals surface area contributed by atoms with Gasteiger partial charge in [-0.05, 0) is 65.5 Å². The van der Waals surface area contributed by atoms with Crippen molar-refractivity contribution in [2.24, 2.45) is 0 Å². The number of carbonyl (C=O) groups excluding carboxylic acids is 2. The van der Waals surface area contributed by atoms with Crippen molar-refractivity contribution in [1.29, 1.82) is 0 Å². The highest BCUT2D eigenvalue weighted by atomic mass is 35.5. The second-order valence-corrected chi connectivity index (χ2v) is 10.8. The maximum atomic E-state index is 13.6. The van der Waals surface area contributed by atoms with Crippen LogP contribution in [-0.4, -0.2) is 61.4 Å². The topological polar surface area (TPSA) is 53.1 Å². The van der Waals surface area contributed by atoms with E-state index in [0.29, 0.717) is 21.5 Å². The molecule has 2 amide bonds. The molecule has 0 bridgehead atoms. The number of amides is 2.